The zero-order chi connectivity index (χ0) is 19.6. The summed E-state index contributed by atoms with van der Waals surface area (Å²) in [5, 5.41) is 9.16. The Labute approximate surface area is 160 Å². The van der Waals surface area contributed by atoms with Gasteiger partial charge in [0.1, 0.15) is 0 Å². The topological polar surface area (TPSA) is 75.8 Å². The van der Waals surface area contributed by atoms with Crippen molar-refractivity contribution in [2.75, 3.05) is 23.8 Å². The molecule has 0 fully saturated rings. The average Bonchev–Trinajstić information content (AvgIpc) is 2.61. The summed E-state index contributed by atoms with van der Waals surface area (Å²) < 4.78 is 5.86. The van der Waals surface area contributed by atoms with Crippen molar-refractivity contribution in [2.24, 2.45) is 0 Å². The average molecular weight is 366 g/mol. The molecule has 0 atom stereocenters. The van der Waals surface area contributed by atoms with E-state index in [4.69, 9.17) is 15.6 Å². The summed E-state index contributed by atoms with van der Waals surface area (Å²) in [7, 11) is 0. The van der Waals surface area contributed by atoms with Crippen LogP contribution in [0.5, 0.6) is 5.75 Å². The Hall–Kier alpha value is -2.79. The van der Waals surface area contributed by atoms with Gasteiger partial charge in [-0.1, -0.05) is 45.0 Å². The van der Waals surface area contributed by atoms with Gasteiger partial charge >= 0.3 is 0 Å². The van der Waals surface area contributed by atoms with Crippen LogP contribution >= 0.6 is 0 Å². The molecule has 0 aromatic heterocycles. The van der Waals surface area contributed by atoms with E-state index < -0.39 is 0 Å². The van der Waals surface area contributed by atoms with Gasteiger partial charge in [0.05, 0.1) is 5.69 Å². The van der Waals surface area contributed by atoms with Crippen LogP contribution in [0.4, 0.5) is 11.4 Å². The van der Waals surface area contributed by atoms with Gasteiger partial charge in [0.25, 0.3) is 5.91 Å². The Bertz CT molecular complexity index is 864. The molecule has 0 saturated carbocycles. The molecule has 5 heteroatoms. The van der Waals surface area contributed by atoms with E-state index in [1.54, 1.807) is 29.2 Å². The highest BCUT2D eigenvalue weighted by Crippen LogP contribution is 2.37. The third-order valence-corrected chi connectivity index (χ3v) is 4.56. The van der Waals surface area contributed by atoms with Crippen molar-refractivity contribution in [3.05, 3.63) is 59.4 Å². The fourth-order valence-corrected chi connectivity index (χ4v) is 3.01. The summed E-state index contributed by atoms with van der Waals surface area (Å²) in [6.07, 6.45) is 2.23. The van der Waals surface area contributed by atoms with Crippen LogP contribution in [0.1, 0.15) is 38.3 Å². The Morgan fingerprint density at radius 2 is 1.85 bits per heavy atom. The summed E-state index contributed by atoms with van der Waals surface area (Å²) in [4.78, 5) is 14.6. The predicted octanol–water partition coefficient (Wildman–Crippen LogP) is 3.72. The highest BCUT2D eigenvalue weighted by molar-refractivity contribution is 6.10. The number of hydrogen-bond acceptors (Lipinski definition) is 4. The molecule has 3 rings (SSSR count). The smallest absolute Gasteiger partial charge is 0.294 e. The highest BCUT2D eigenvalue weighted by Gasteiger charge is 2.30. The zero-order valence-electron chi connectivity index (χ0n) is 16.0. The molecule has 0 bridgehead atoms. The summed E-state index contributed by atoms with van der Waals surface area (Å²) in [6, 6.07) is 13.3. The summed E-state index contributed by atoms with van der Waals surface area (Å²) >= 11 is 0. The van der Waals surface area contributed by atoms with Crippen molar-refractivity contribution in [1.82, 2.24) is 0 Å². The number of ether oxygens (including phenoxy) is 1. The maximum absolute atomic E-state index is 12.9. The Morgan fingerprint density at radius 3 is 2.48 bits per heavy atom. The largest absolute Gasteiger partial charge is 0.449 e. The quantitative estimate of drug-likeness (QED) is 0.639. The molecule has 0 radical (unpaired) electrons. The molecule has 142 valence electrons. The molecule has 2 aromatic rings. The number of carbonyl (C=O) groups is 1. The summed E-state index contributed by atoms with van der Waals surface area (Å²) in [5.41, 5.74) is 9.30. The molecule has 0 spiro atoms. The minimum absolute atomic E-state index is 0.0161. The number of nitrogens with two attached hydrogens (primary N) is 1. The van der Waals surface area contributed by atoms with E-state index in [-0.39, 0.29) is 23.7 Å². The monoisotopic (exact) mass is 366 g/mol. The third-order valence-electron chi connectivity index (χ3n) is 4.56. The minimum atomic E-state index is -0.222. The molecular formula is C22H26N2O3. The molecule has 27 heavy (non-hydrogen) atoms. The van der Waals surface area contributed by atoms with Gasteiger partial charge in [-0.25, -0.2) is 0 Å². The number of rotatable bonds is 4. The SMILES string of the molecule is CC(C)(C)c1ccc(/C=C2/Oc3cc(N)ccc3N(CCCO)C2=O)cc1. The van der Waals surface area contributed by atoms with E-state index in [9.17, 15) is 4.79 Å². The van der Waals surface area contributed by atoms with E-state index in [1.807, 2.05) is 12.1 Å². The first-order valence-electron chi connectivity index (χ1n) is 9.12. The number of nitrogen functional groups attached to an aromatic ring is 1. The summed E-state index contributed by atoms with van der Waals surface area (Å²) in [5.74, 6) is 0.570. The lowest BCUT2D eigenvalue weighted by molar-refractivity contribution is -0.117. The molecule has 1 aliphatic heterocycles. The van der Waals surface area contributed by atoms with Crippen molar-refractivity contribution in [1.29, 1.82) is 0 Å². The lowest BCUT2D eigenvalue weighted by atomic mass is 9.87. The number of fused-ring (bicyclic) bond motifs is 1. The van der Waals surface area contributed by atoms with Crippen LogP contribution in [0.2, 0.25) is 0 Å². The van der Waals surface area contributed by atoms with Crippen molar-refractivity contribution >= 4 is 23.4 Å². The molecule has 1 amide bonds. The van der Waals surface area contributed by atoms with Crippen molar-refractivity contribution < 1.29 is 14.6 Å². The number of benzene rings is 2. The van der Waals surface area contributed by atoms with Crippen LogP contribution in [0.25, 0.3) is 6.08 Å². The van der Waals surface area contributed by atoms with Crippen LogP contribution in [-0.2, 0) is 10.2 Å². The molecule has 2 aromatic carbocycles. The second kappa shape index (κ2) is 7.45. The summed E-state index contributed by atoms with van der Waals surface area (Å²) in [6.45, 7) is 6.91. The van der Waals surface area contributed by atoms with E-state index in [0.29, 0.717) is 30.1 Å². The van der Waals surface area contributed by atoms with Gasteiger partial charge in [0, 0.05) is 24.9 Å². The fourth-order valence-electron chi connectivity index (χ4n) is 3.01. The van der Waals surface area contributed by atoms with E-state index >= 15 is 0 Å². The molecule has 0 saturated heterocycles. The van der Waals surface area contributed by atoms with Crippen LogP contribution in [0, 0.1) is 0 Å². The first-order valence-corrected chi connectivity index (χ1v) is 9.12. The number of carbonyl (C=O) groups excluding carboxylic acids is 1. The highest BCUT2D eigenvalue weighted by atomic mass is 16.5. The molecule has 0 aliphatic carbocycles. The Morgan fingerprint density at radius 1 is 1.15 bits per heavy atom. The van der Waals surface area contributed by atoms with Crippen LogP contribution in [-0.4, -0.2) is 24.2 Å². The van der Waals surface area contributed by atoms with Crippen molar-refractivity contribution in [2.45, 2.75) is 32.6 Å². The number of anilines is 2. The maximum Gasteiger partial charge on any atom is 0.294 e. The molecule has 5 nitrogen and oxygen atoms in total. The maximum atomic E-state index is 12.9. The molecule has 1 aliphatic rings. The van der Waals surface area contributed by atoms with E-state index in [0.717, 1.165) is 5.56 Å². The molecule has 0 unspecified atom stereocenters. The normalized spacial score (nSPS) is 15.6. The number of amides is 1. The van der Waals surface area contributed by atoms with Crippen LogP contribution in [0.3, 0.4) is 0 Å². The van der Waals surface area contributed by atoms with Crippen LogP contribution in [0.15, 0.2) is 48.2 Å². The minimum Gasteiger partial charge on any atom is -0.449 e. The van der Waals surface area contributed by atoms with Gasteiger partial charge in [0.2, 0.25) is 0 Å². The molecular weight excluding hydrogens is 340 g/mol. The molecule has 1 heterocycles. The van der Waals surface area contributed by atoms with Gasteiger partial charge in [0.15, 0.2) is 11.5 Å². The number of hydrogen-bond donors (Lipinski definition) is 2. The first kappa shape index (κ1) is 19.0. The Kier molecular flexibility index (Phi) is 5.24. The number of nitrogens with zero attached hydrogens (tertiary/aromatic N) is 1. The fraction of sp³-hybridized carbons (Fsp3) is 0.318. The number of aliphatic hydroxyl groups excluding tert-OH is 1. The van der Waals surface area contributed by atoms with Gasteiger partial charge in [-0.3, -0.25) is 4.79 Å². The van der Waals surface area contributed by atoms with Gasteiger partial charge in [-0.15, -0.1) is 0 Å². The number of aliphatic hydroxyl groups is 1. The predicted molar refractivity (Wildman–Crippen MR) is 109 cm³/mol. The first-order chi connectivity index (χ1) is 12.8. The van der Waals surface area contributed by atoms with Gasteiger partial charge in [-0.2, -0.15) is 0 Å². The van der Waals surface area contributed by atoms with Crippen molar-refractivity contribution in [3.8, 4) is 5.75 Å². The zero-order valence-corrected chi connectivity index (χ0v) is 16.0. The lowest BCUT2D eigenvalue weighted by Crippen LogP contribution is -2.38. The van der Waals surface area contributed by atoms with Gasteiger partial charge in [-0.05, 0) is 41.2 Å². The van der Waals surface area contributed by atoms with E-state index in [1.165, 1.54) is 5.56 Å². The second-order valence-electron chi connectivity index (χ2n) is 7.74. The molecule has 3 N–H and O–H groups in total. The lowest BCUT2D eigenvalue weighted by Gasteiger charge is -2.30. The second-order valence-corrected chi connectivity index (χ2v) is 7.74. The van der Waals surface area contributed by atoms with E-state index in [2.05, 4.69) is 32.9 Å². The third kappa shape index (κ3) is 4.14. The van der Waals surface area contributed by atoms with Gasteiger partial charge < -0.3 is 20.5 Å². The Balaban J connectivity index is 1.95. The standard InChI is InChI=1S/C22H26N2O3/c1-22(2,3)16-7-5-15(6-8-16)13-20-21(26)24(11-4-12-25)18-10-9-17(23)14-19(18)27-20/h5-10,13-14,25H,4,11-12,23H2,1-3H3/b20-13+. The van der Waals surface area contributed by atoms with Crippen molar-refractivity contribution in [3.63, 3.8) is 0 Å². The van der Waals surface area contributed by atoms with Crippen LogP contribution < -0.4 is 15.4 Å².